The predicted octanol–water partition coefficient (Wildman–Crippen LogP) is 1.40. The fraction of sp³-hybridized carbons (Fsp3) is 0.471. The summed E-state index contributed by atoms with van der Waals surface area (Å²) < 4.78 is 1.82. The molecule has 1 saturated heterocycles. The van der Waals surface area contributed by atoms with Crippen LogP contribution in [0.1, 0.15) is 39.9 Å². The van der Waals surface area contributed by atoms with Crippen LogP contribution in [0.25, 0.3) is 0 Å². The topological polar surface area (TPSA) is 71.8 Å². The van der Waals surface area contributed by atoms with Crippen LogP contribution in [0, 0.1) is 13.8 Å². The van der Waals surface area contributed by atoms with Gasteiger partial charge in [0, 0.05) is 18.7 Å². The number of rotatable bonds is 5. The minimum absolute atomic E-state index is 0.0120. The van der Waals surface area contributed by atoms with Crippen LogP contribution in [-0.2, 0) is 6.54 Å². The number of hydrogen-bond donors (Lipinski definition) is 2. The number of carbonyl (C=O) groups is 1. The molecule has 1 unspecified atom stereocenters. The Morgan fingerprint density at radius 2 is 2.22 bits per heavy atom. The van der Waals surface area contributed by atoms with Crippen molar-refractivity contribution in [3.63, 3.8) is 0 Å². The Labute approximate surface area is 136 Å². The van der Waals surface area contributed by atoms with Crippen LogP contribution in [0.4, 0.5) is 0 Å². The van der Waals surface area contributed by atoms with E-state index in [-0.39, 0.29) is 5.91 Å². The van der Waals surface area contributed by atoms with Gasteiger partial charge >= 0.3 is 0 Å². The first-order valence-electron chi connectivity index (χ1n) is 8.11. The minimum atomic E-state index is -0.0120. The second-order valence-corrected chi connectivity index (χ2v) is 5.96. The summed E-state index contributed by atoms with van der Waals surface area (Å²) >= 11 is 0. The Kier molecular flexibility index (Phi) is 4.71. The van der Waals surface area contributed by atoms with Gasteiger partial charge in [0.25, 0.3) is 5.91 Å². The Balaban J connectivity index is 1.63. The third kappa shape index (κ3) is 3.59. The average molecular weight is 313 g/mol. The SMILES string of the molecule is Cc1nc(C)n(CCNC(=O)c2ccccc2C2CCNC2)n1. The molecule has 6 heteroatoms. The third-order valence-electron chi connectivity index (χ3n) is 4.28. The number of amides is 1. The maximum Gasteiger partial charge on any atom is 0.251 e. The standard InChI is InChI=1S/C17H23N5O/c1-12-20-13(2)22(21-12)10-9-19-17(23)16-6-4-3-5-15(16)14-7-8-18-11-14/h3-6,14,18H,7-11H2,1-2H3,(H,19,23). The highest BCUT2D eigenvalue weighted by molar-refractivity contribution is 5.95. The van der Waals surface area contributed by atoms with Gasteiger partial charge in [0.15, 0.2) is 0 Å². The molecule has 0 spiro atoms. The zero-order valence-corrected chi connectivity index (χ0v) is 13.7. The number of aryl methyl sites for hydroxylation is 2. The summed E-state index contributed by atoms with van der Waals surface area (Å²) in [5.41, 5.74) is 1.93. The first-order valence-corrected chi connectivity index (χ1v) is 8.11. The lowest BCUT2D eigenvalue weighted by molar-refractivity contribution is 0.0950. The largest absolute Gasteiger partial charge is 0.350 e. The Morgan fingerprint density at radius 3 is 2.91 bits per heavy atom. The first-order chi connectivity index (χ1) is 11.1. The van der Waals surface area contributed by atoms with Gasteiger partial charge in [0.1, 0.15) is 11.6 Å². The van der Waals surface area contributed by atoms with Gasteiger partial charge in [-0.25, -0.2) is 9.67 Å². The number of hydrogen-bond acceptors (Lipinski definition) is 4. The fourth-order valence-corrected chi connectivity index (χ4v) is 3.12. The van der Waals surface area contributed by atoms with Crippen molar-refractivity contribution in [2.24, 2.45) is 0 Å². The van der Waals surface area contributed by atoms with Gasteiger partial charge in [-0.1, -0.05) is 18.2 Å². The molecule has 3 rings (SSSR count). The van der Waals surface area contributed by atoms with Crippen LogP contribution < -0.4 is 10.6 Å². The monoisotopic (exact) mass is 313 g/mol. The molecule has 2 heterocycles. The Hall–Kier alpha value is -2.21. The summed E-state index contributed by atoms with van der Waals surface area (Å²) in [5.74, 6) is 2.04. The van der Waals surface area contributed by atoms with Crippen molar-refractivity contribution in [1.29, 1.82) is 0 Å². The lowest BCUT2D eigenvalue weighted by atomic mass is 9.93. The normalized spacial score (nSPS) is 17.4. The van der Waals surface area contributed by atoms with Crippen LogP contribution in [0.3, 0.4) is 0 Å². The van der Waals surface area contributed by atoms with Gasteiger partial charge in [-0.2, -0.15) is 5.10 Å². The molecule has 23 heavy (non-hydrogen) atoms. The van der Waals surface area contributed by atoms with Crippen molar-refractivity contribution < 1.29 is 4.79 Å². The van der Waals surface area contributed by atoms with Gasteiger partial charge in [0.2, 0.25) is 0 Å². The van der Waals surface area contributed by atoms with Crippen LogP contribution in [0.5, 0.6) is 0 Å². The highest BCUT2D eigenvalue weighted by Gasteiger charge is 2.21. The van der Waals surface area contributed by atoms with E-state index in [1.165, 1.54) is 0 Å². The summed E-state index contributed by atoms with van der Waals surface area (Å²) in [6.07, 6.45) is 1.09. The molecule has 1 aromatic carbocycles. The van der Waals surface area contributed by atoms with Gasteiger partial charge < -0.3 is 10.6 Å². The average Bonchev–Trinajstić information content (AvgIpc) is 3.17. The van der Waals surface area contributed by atoms with Gasteiger partial charge in [-0.05, 0) is 44.4 Å². The molecule has 0 saturated carbocycles. The van der Waals surface area contributed by atoms with Crippen LogP contribution in [-0.4, -0.2) is 40.3 Å². The molecule has 122 valence electrons. The second-order valence-electron chi connectivity index (χ2n) is 5.96. The minimum Gasteiger partial charge on any atom is -0.350 e. The molecule has 1 amide bonds. The van der Waals surface area contributed by atoms with E-state index in [1.54, 1.807) is 0 Å². The number of benzene rings is 1. The molecule has 1 aromatic heterocycles. The highest BCUT2D eigenvalue weighted by Crippen LogP contribution is 2.25. The van der Waals surface area contributed by atoms with E-state index >= 15 is 0 Å². The van der Waals surface area contributed by atoms with E-state index in [2.05, 4.69) is 26.8 Å². The maximum absolute atomic E-state index is 12.5. The number of carbonyl (C=O) groups excluding carboxylic acids is 1. The predicted molar refractivity (Wildman–Crippen MR) is 88.5 cm³/mol. The summed E-state index contributed by atoms with van der Waals surface area (Å²) in [5, 5.41) is 10.7. The van der Waals surface area contributed by atoms with Gasteiger partial charge in [0.05, 0.1) is 6.54 Å². The molecule has 2 N–H and O–H groups in total. The van der Waals surface area contributed by atoms with Crippen molar-refractivity contribution in [2.45, 2.75) is 32.7 Å². The molecular weight excluding hydrogens is 290 g/mol. The smallest absolute Gasteiger partial charge is 0.251 e. The third-order valence-corrected chi connectivity index (χ3v) is 4.28. The number of nitrogens with zero attached hydrogens (tertiary/aromatic N) is 3. The molecule has 1 atom stereocenters. The van der Waals surface area contributed by atoms with E-state index in [0.29, 0.717) is 19.0 Å². The summed E-state index contributed by atoms with van der Waals surface area (Å²) in [6, 6.07) is 7.91. The molecule has 0 bridgehead atoms. The second kappa shape index (κ2) is 6.91. The number of aromatic nitrogens is 3. The molecule has 1 fully saturated rings. The zero-order valence-electron chi connectivity index (χ0n) is 13.7. The van der Waals surface area contributed by atoms with E-state index < -0.39 is 0 Å². The van der Waals surface area contributed by atoms with Gasteiger partial charge in [-0.3, -0.25) is 4.79 Å². The maximum atomic E-state index is 12.5. The van der Waals surface area contributed by atoms with Gasteiger partial charge in [-0.15, -0.1) is 0 Å². The fourth-order valence-electron chi connectivity index (χ4n) is 3.12. The van der Waals surface area contributed by atoms with E-state index in [4.69, 9.17) is 0 Å². The summed E-state index contributed by atoms with van der Waals surface area (Å²) in [7, 11) is 0. The van der Waals surface area contributed by atoms with Crippen LogP contribution in [0.15, 0.2) is 24.3 Å². The Morgan fingerprint density at radius 1 is 1.39 bits per heavy atom. The molecule has 6 nitrogen and oxygen atoms in total. The van der Waals surface area contributed by atoms with E-state index in [0.717, 1.165) is 42.3 Å². The molecule has 0 radical (unpaired) electrons. The summed E-state index contributed by atoms with van der Waals surface area (Å²) in [4.78, 5) is 16.8. The van der Waals surface area contributed by atoms with Crippen molar-refractivity contribution >= 4 is 5.91 Å². The lowest BCUT2D eigenvalue weighted by Crippen LogP contribution is -2.29. The van der Waals surface area contributed by atoms with Crippen LogP contribution in [0.2, 0.25) is 0 Å². The number of nitrogens with one attached hydrogen (secondary N) is 2. The molecular formula is C17H23N5O. The van der Waals surface area contributed by atoms with E-state index in [1.807, 2.05) is 36.7 Å². The van der Waals surface area contributed by atoms with Crippen molar-refractivity contribution in [3.05, 3.63) is 47.0 Å². The quantitative estimate of drug-likeness (QED) is 0.875. The van der Waals surface area contributed by atoms with Crippen molar-refractivity contribution in [3.8, 4) is 0 Å². The molecule has 1 aliphatic heterocycles. The van der Waals surface area contributed by atoms with Crippen LogP contribution >= 0.6 is 0 Å². The van der Waals surface area contributed by atoms with Crippen molar-refractivity contribution in [2.75, 3.05) is 19.6 Å². The molecule has 0 aliphatic carbocycles. The summed E-state index contributed by atoms with van der Waals surface area (Å²) in [6.45, 7) is 6.93. The molecule has 2 aromatic rings. The zero-order chi connectivity index (χ0) is 16.2. The van der Waals surface area contributed by atoms with Crippen molar-refractivity contribution in [1.82, 2.24) is 25.4 Å². The van der Waals surface area contributed by atoms with E-state index in [9.17, 15) is 4.79 Å². The Bertz CT molecular complexity index is 688. The molecule has 1 aliphatic rings. The lowest BCUT2D eigenvalue weighted by Gasteiger charge is -2.14. The highest BCUT2D eigenvalue weighted by atomic mass is 16.1. The first kappa shape index (κ1) is 15.7.